The van der Waals surface area contributed by atoms with Crippen molar-refractivity contribution in [3.63, 3.8) is 0 Å². The Hall–Kier alpha value is -1.89. The third-order valence-electron chi connectivity index (χ3n) is 9.23. The number of carboxylic acid groups (broad SMARTS) is 1. The van der Waals surface area contributed by atoms with E-state index in [2.05, 4.69) is 25.2 Å². The molecule has 0 radical (unpaired) electrons. The van der Waals surface area contributed by atoms with Crippen molar-refractivity contribution in [1.82, 2.24) is 0 Å². The van der Waals surface area contributed by atoms with Crippen molar-refractivity contribution in [3.05, 3.63) is 48.0 Å². The number of aliphatic hydroxyl groups excluding tert-OH is 1. The quantitative estimate of drug-likeness (QED) is 0.523. The molecule has 2 N–H and O–H groups in total. The van der Waals surface area contributed by atoms with E-state index in [0.29, 0.717) is 6.42 Å². The van der Waals surface area contributed by atoms with Gasteiger partial charge in [-0.05, 0) is 67.1 Å². The molecular formula is C27H32Cl2O6. The Labute approximate surface area is 215 Å². The molecule has 0 bridgehead atoms. The lowest BCUT2D eigenvalue weighted by Crippen LogP contribution is -2.66. The van der Waals surface area contributed by atoms with Crippen LogP contribution >= 0.6 is 23.2 Å². The number of carboxylic acids is 1. The molecule has 3 fully saturated rings. The van der Waals surface area contributed by atoms with Gasteiger partial charge < -0.3 is 14.6 Å². The van der Waals surface area contributed by atoms with Crippen LogP contribution in [-0.4, -0.2) is 44.6 Å². The molecule has 0 saturated heterocycles. The maximum Gasteiger partial charge on any atom is 0.338 e. The summed E-state index contributed by atoms with van der Waals surface area (Å²) in [6, 6.07) is 1.39. The Morgan fingerprint density at radius 1 is 1.26 bits per heavy atom. The summed E-state index contributed by atoms with van der Waals surface area (Å²) >= 11 is 13.3. The largest absolute Gasteiger partial charge is 0.478 e. The van der Waals surface area contributed by atoms with Crippen LogP contribution in [0.2, 0.25) is 0 Å². The molecule has 5 rings (SSSR count). The Morgan fingerprint density at radius 3 is 2.54 bits per heavy atom. The number of alkyl halides is 2. The molecule has 0 amide bonds. The van der Waals surface area contributed by atoms with Gasteiger partial charge in [0.05, 0.1) is 28.7 Å². The van der Waals surface area contributed by atoms with Crippen LogP contribution in [0, 0.1) is 34.5 Å². The van der Waals surface area contributed by atoms with Crippen LogP contribution < -0.4 is 0 Å². The molecule has 8 heteroatoms. The highest BCUT2D eigenvalue weighted by Crippen LogP contribution is 2.70. The minimum Gasteiger partial charge on any atom is -0.478 e. The number of halogens is 2. The number of aromatic carboxylic acids is 1. The number of aliphatic hydroxyl groups is 1. The van der Waals surface area contributed by atoms with Crippen molar-refractivity contribution < 1.29 is 29.0 Å². The molecule has 6 nitrogen and oxygen atoms in total. The van der Waals surface area contributed by atoms with E-state index in [4.69, 9.17) is 28.3 Å². The van der Waals surface area contributed by atoms with Crippen molar-refractivity contribution >= 4 is 40.7 Å². The smallest absolute Gasteiger partial charge is 0.338 e. The zero-order valence-corrected chi connectivity index (χ0v) is 21.7. The first-order valence-electron chi connectivity index (χ1n) is 12.1. The number of hydrogen-bond donors (Lipinski definition) is 2. The zero-order chi connectivity index (χ0) is 25.8. The van der Waals surface area contributed by atoms with Crippen molar-refractivity contribution in [2.75, 3.05) is 5.88 Å². The van der Waals surface area contributed by atoms with Crippen molar-refractivity contribution in [2.24, 2.45) is 34.5 Å². The van der Waals surface area contributed by atoms with Crippen molar-refractivity contribution in [2.45, 2.75) is 57.4 Å². The molecule has 8 atom stereocenters. The lowest BCUT2D eigenvalue weighted by atomic mass is 9.46. The van der Waals surface area contributed by atoms with Gasteiger partial charge in [-0.25, -0.2) is 4.79 Å². The van der Waals surface area contributed by atoms with Gasteiger partial charge in [-0.1, -0.05) is 32.4 Å². The summed E-state index contributed by atoms with van der Waals surface area (Å²) in [5, 5.41) is 19.6. The molecule has 5 unspecified atom stereocenters. The van der Waals surface area contributed by atoms with E-state index in [9.17, 15) is 19.5 Å². The standard InChI is InChI=1S/C22H28Cl2O3.C5H4O3/c1-12-8-16-15-5-4-13-9-14(25)6-7-21(13,3)22(15,24)18(27)10-20(16,2)19(12)17(26)11-23;6-5(7)4-1-2-8-3-4/h6-7,9,12,15-16,18-19,27H,4-5,8,10-11H2,1-3H3;1-3H,(H,6,7)/t12-,15?,16+,18?,19?,20?,21?,22+;/m1./s1. The molecular weight excluding hydrogens is 491 g/mol. The van der Waals surface area contributed by atoms with Crippen LogP contribution in [0.1, 0.15) is 56.8 Å². The average Bonchev–Trinajstić information content (AvgIpc) is 3.42. The van der Waals surface area contributed by atoms with Crippen LogP contribution in [0.25, 0.3) is 0 Å². The topological polar surface area (TPSA) is 105 Å². The van der Waals surface area contributed by atoms with Gasteiger partial charge in [-0.15, -0.1) is 23.2 Å². The van der Waals surface area contributed by atoms with Gasteiger partial charge in [-0.2, -0.15) is 0 Å². The van der Waals surface area contributed by atoms with E-state index >= 15 is 0 Å². The highest BCUT2D eigenvalue weighted by molar-refractivity contribution is 6.28. The molecule has 0 aromatic carbocycles. The van der Waals surface area contributed by atoms with Crippen LogP contribution in [0.4, 0.5) is 0 Å². The second-order valence-electron chi connectivity index (χ2n) is 11.0. The highest BCUT2D eigenvalue weighted by Gasteiger charge is 2.70. The maximum atomic E-state index is 12.7. The number of Topliss-reactive ketones (excluding diaryl/α,β-unsaturated/α-hetero) is 1. The SMILES string of the molecule is C[C@@H]1C[C@H]2C3CCC4=CC(=O)C=CC4(C)[C@@]3(Cl)C(O)CC2(C)C1C(=O)CCl.O=C(O)c1ccoc1. The Bertz CT molecular complexity index is 1080. The third-order valence-corrected chi connectivity index (χ3v) is 10.4. The first-order valence-corrected chi connectivity index (χ1v) is 13.0. The first-order chi connectivity index (χ1) is 16.4. The summed E-state index contributed by atoms with van der Waals surface area (Å²) in [6.07, 6.45) is 10.1. The molecule has 1 aromatic heterocycles. The number of hydrogen-bond acceptors (Lipinski definition) is 5. The molecule has 1 heterocycles. The first kappa shape index (κ1) is 26.2. The number of carbonyl (C=O) groups excluding carboxylic acids is 2. The number of furan rings is 1. The normalized spacial score (nSPS) is 41.6. The van der Waals surface area contributed by atoms with Crippen molar-refractivity contribution in [3.8, 4) is 0 Å². The zero-order valence-electron chi connectivity index (χ0n) is 20.2. The van der Waals surface area contributed by atoms with Crippen LogP contribution in [0.3, 0.4) is 0 Å². The van der Waals surface area contributed by atoms with Gasteiger partial charge in [0.1, 0.15) is 6.26 Å². The Morgan fingerprint density at radius 2 is 1.97 bits per heavy atom. The summed E-state index contributed by atoms with van der Waals surface area (Å²) < 4.78 is 4.49. The monoisotopic (exact) mass is 522 g/mol. The summed E-state index contributed by atoms with van der Waals surface area (Å²) in [5.41, 5.74) is 0.400. The van der Waals surface area contributed by atoms with Gasteiger partial charge in [0.25, 0.3) is 0 Å². The molecule has 1 aromatic rings. The predicted octanol–water partition coefficient (Wildman–Crippen LogP) is 5.27. The highest BCUT2D eigenvalue weighted by atomic mass is 35.5. The Kier molecular flexibility index (Phi) is 6.88. The lowest BCUT2D eigenvalue weighted by molar-refractivity contribution is -0.134. The second-order valence-corrected chi connectivity index (χ2v) is 11.9. The van der Waals surface area contributed by atoms with Crippen molar-refractivity contribution in [1.29, 1.82) is 0 Å². The average molecular weight is 523 g/mol. The van der Waals surface area contributed by atoms with Gasteiger partial charge >= 0.3 is 5.97 Å². The Balaban J connectivity index is 0.000000308. The van der Waals surface area contributed by atoms with Crippen LogP contribution in [0.15, 0.2) is 46.8 Å². The number of fused-ring (bicyclic) bond motifs is 5. The molecule has 190 valence electrons. The fraction of sp³-hybridized carbons (Fsp3) is 0.593. The fourth-order valence-electron chi connectivity index (χ4n) is 7.73. The van der Waals surface area contributed by atoms with E-state index < -0.39 is 22.4 Å². The van der Waals surface area contributed by atoms with Gasteiger partial charge in [0.2, 0.25) is 0 Å². The van der Waals surface area contributed by atoms with E-state index in [1.54, 1.807) is 12.2 Å². The maximum absolute atomic E-state index is 12.7. The van der Waals surface area contributed by atoms with Gasteiger partial charge in [0, 0.05) is 11.3 Å². The predicted molar refractivity (Wildman–Crippen MR) is 133 cm³/mol. The molecule has 3 saturated carbocycles. The lowest BCUT2D eigenvalue weighted by Gasteiger charge is -2.63. The number of rotatable bonds is 3. The molecule has 0 aliphatic heterocycles. The summed E-state index contributed by atoms with van der Waals surface area (Å²) in [5.74, 6) is -0.348. The minimum absolute atomic E-state index is 0.00130. The molecule has 35 heavy (non-hydrogen) atoms. The number of carbonyl (C=O) groups is 3. The third kappa shape index (κ3) is 3.93. The van der Waals surface area contributed by atoms with E-state index in [1.165, 1.54) is 18.6 Å². The summed E-state index contributed by atoms with van der Waals surface area (Å²) in [6.45, 7) is 6.35. The summed E-state index contributed by atoms with van der Waals surface area (Å²) in [7, 11) is 0. The summed E-state index contributed by atoms with van der Waals surface area (Å²) in [4.78, 5) is 33.7. The minimum atomic E-state index is -0.959. The molecule has 0 spiro atoms. The van der Waals surface area contributed by atoms with E-state index in [1.807, 2.05) is 6.08 Å². The van der Waals surface area contributed by atoms with Gasteiger partial charge in [-0.3, -0.25) is 9.59 Å². The van der Waals surface area contributed by atoms with Gasteiger partial charge in [0.15, 0.2) is 11.6 Å². The molecule has 4 aliphatic carbocycles. The molecule has 4 aliphatic rings. The number of ketones is 2. The van der Waals surface area contributed by atoms with Crippen LogP contribution in [-0.2, 0) is 9.59 Å². The van der Waals surface area contributed by atoms with E-state index in [0.717, 1.165) is 24.8 Å². The fourth-order valence-corrected chi connectivity index (χ4v) is 8.42. The van der Waals surface area contributed by atoms with Crippen LogP contribution in [0.5, 0.6) is 0 Å². The number of allylic oxidation sites excluding steroid dienone is 4. The van der Waals surface area contributed by atoms with E-state index in [-0.39, 0.29) is 52.1 Å². The second kappa shape index (κ2) is 9.20.